The van der Waals surface area contributed by atoms with Crippen molar-refractivity contribution >= 4 is 49.2 Å². The molecule has 2 aromatic rings. The molecule has 0 saturated heterocycles. The first-order valence-corrected chi connectivity index (χ1v) is 6.40. The van der Waals surface area contributed by atoms with E-state index in [9.17, 15) is 4.79 Å². The van der Waals surface area contributed by atoms with Crippen molar-refractivity contribution in [2.24, 2.45) is 0 Å². The molecular formula is C11H10Br2N2O2. The second-order valence-electron chi connectivity index (χ2n) is 3.68. The lowest BCUT2D eigenvalue weighted by molar-refractivity contribution is -0.139. The lowest BCUT2D eigenvalue weighted by Gasteiger charge is -2.15. The van der Waals surface area contributed by atoms with E-state index in [0.29, 0.717) is 6.42 Å². The van der Waals surface area contributed by atoms with E-state index >= 15 is 0 Å². The molecule has 0 spiro atoms. The van der Waals surface area contributed by atoms with Gasteiger partial charge in [0.05, 0.1) is 0 Å². The predicted molar refractivity (Wildman–Crippen MR) is 73.1 cm³/mol. The summed E-state index contributed by atoms with van der Waals surface area (Å²) in [6.07, 6.45) is 2.26. The molecule has 90 valence electrons. The summed E-state index contributed by atoms with van der Waals surface area (Å²) in [7, 11) is 0. The van der Waals surface area contributed by atoms with E-state index in [1.807, 2.05) is 30.5 Å². The first-order valence-electron chi connectivity index (χ1n) is 4.98. The second kappa shape index (κ2) is 5.20. The molecule has 17 heavy (non-hydrogen) atoms. The number of aromatic nitrogens is 1. The number of H-pyrrole nitrogens is 1. The van der Waals surface area contributed by atoms with E-state index < -0.39 is 12.0 Å². The van der Waals surface area contributed by atoms with Crippen LogP contribution in [0, 0.1) is 0 Å². The van der Waals surface area contributed by atoms with E-state index in [2.05, 4.69) is 37.3 Å². The van der Waals surface area contributed by atoms with Gasteiger partial charge in [0.15, 0.2) is 0 Å². The topological polar surface area (TPSA) is 56.3 Å². The third-order valence-corrected chi connectivity index (χ3v) is 3.60. The largest absolute Gasteiger partial charge is 0.480 e. The number of carbonyl (C=O) groups is 1. The molecule has 1 aromatic carbocycles. The normalized spacial score (nSPS) is 13.1. The van der Waals surface area contributed by atoms with Crippen LogP contribution in [0.4, 0.5) is 0 Å². The number of rotatable bonds is 4. The summed E-state index contributed by atoms with van der Waals surface area (Å²) in [5, 5.41) is 10.2. The number of nitrogens with zero attached hydrogens (tertiary/aromatic N) is 1. The van der Waals surface area contributed by atoms with Crippen molar-refractivity contribution < 1.29 is 9.90 Å². The number of halogens is 2. The quantitative estimate of drug-likeness (QED) is 0.823. The van der Waals surface area contributed by atoms with Crippen molar-refractivity contribution in [3.8, 4) is 0 Å². The first kappa shape index (κ1) is 12.6. The minimum atomic E-state index is -0.885. The Kier molecular flexibility index (Phi) is 3.86. The smallest absolute Gasteiger partial charge is 0.323 e. The molecule has 1 aromatic heterocycles. The zero-order valence-corrected chi connectivity index (χ0v) is 11.9. The molecule has 0 aliphatic carbocycles. The minimum Gasteiger partial charge on any atom is -0.480 e. The molecule has 0 unspecified atom stereocenters. The lowest BCUT2D eigenvalue weighted by Crippen LogP contribution is -2.30. The number of nitrogens with one attached hydrogen (secondary N) is 1. The van der Waals surface area contributed by atoms with Gasteiger partial charge in [-0.05, 0) is 11.6 Å². The number of carboxylic acids is 1. The Morgan fingerprint density at radius 2 is 2.12 bits per heavy atom. The standard InChI is InChI=1S/C11H10Br2N2O2/c12-15(13)10(11(16)17)5-7-6-14-9-4-2-1-3-8(7)9/h1-4,6,10,14H,5H2,(H,16,17)/t10-/m0/s1. The highest BCUT2D eigenvalue weighted by Crippen LogP contribution is 2.23. The molecule has 0 aliphatic heterocycles. The van der Waals surface area contributed by atoms with Crippen LogP contribution in [-0.2, 0) is 11.2 Å². The highest BCUT2D eigenvalue weighted by atomic mass is 79.9. The Hall–Kier alpha value is -0.850. The van der Waals surface area contributed by atoms with Gasteiger partial charge in [0.1, 0.15) is 6.04 Å². The monoisotopic (exact) mass is 360 g/mol. The van der Waals surface area contributed by atoms with Crippen LogP contribution in [0.15, 0.2) is 30.5 Å². The summed E-state index contributed by atoms with van der Waals surface area (Å²) in [5.41, 5.74) is 2.00. The van der Waals surface area contributed by atoms with Gasteiger partial charge in [0.2, 0.25) is 0 Å². The van der Waals surface area contributed by atoms with Crippen molar-refractivity contribution in [2.75, 3.05) is 0 Å². The van der Waals surface area contributed by atoms with Crippen LogP contribution in [-0.4, -0.2) is 25.1 Å². The average Bonchev–Trinajstić information content (AvgIpc) is 2.68. The molecule has 1 heterocycles. The average molecular weight is 362 g/mol. The number of carboxylic acid groups (broad SMARTS) is 1. The fourth-order valence-corrected chi connectivity index (χ4v) is 2.39. The number of aliphatic carboxylic acids is 1. The number of para-hydroxylation sites is 1. The van der Waals surface area contributed by atoms with E-state index in [0.717, 1.165) is 16.5 Å². The molecule has 6 heteroatoms. The van der Waals surface area contributed by atoms with Gasteiger partial charge in [-0.2, -0.15) is 2.95 Å². The highest BCUT2D eigenvalue weighted by molar-refractivity contribution is 9.21. The molecule has 0 amide bonds. The summed E-state index contributed by atoms with van der Waals surface area (Å²) >= 11 is 6.22. The summed E-state index contributed by atoms with van der Waals surface area (Å²) < 4.78 is 1.35. The molecule has 2 rings (SSSR count). The van der Waals surface area contributed by atoms with Crippen molar-refractivity contribution in [2.45, 2.75) is 12.5 Å². The zero-order chi connectivity index (χ0) is 12.4. The molecule has 4 nitrogen and oxygen atoms in total. The Bertz CT molecular complexity index is 539. The van der Waals surface area contributed by atoms with Gasteiger partial charge in [-0.3, -0.25) is 4.79 Å². The maximum atomic E-state index is 11.1. The summed E-state index contributed by atoms with van der Waals surface area (Å²) in [6, 6.07) is 7.17. The number of fused-ring (bicyclic) bond motifs is 1. The molecule has 0 bridgehead atoms. The van der Waals surface area contributed by atoms with Gasteiger partial charge in [-0.15, -0.1) is 0 Å². The fraction of sp³-hybridized carbons (Fsp3) is 0.182. The van der Waals surface area contributed by atoms with E-state index in [-0.39, 0.29) is 0 Å². The molecule has 1 atom stereocenters. The molecular weight excluding hydrogens is 352 g/mol. The van der Waals surface area contributed by atoms with Crippen LogP contribution in [0.25, 0.3) is 10.9 Å². The number of benzene rings is 1. The van der Waals surface area contributed by atoms with Crippen LogP contribution in [0.2, 0.25) is 0 Å². The van der Waals surface area contributed by atoms with E-state index in [1.54, 1.807) is 0 Å². The van der Waals surface area contributed by atoms with Gasteiger partial charge in [-0.1, -0.05) is 18.2 Å². The second-order valence-corrected chi connectivity index (χ2v) is 6.16. The van der Waals surface area contributed by atoms with Crippen LogP contribution in [0.3, 0.4) is 0 Å². The SMILES string of the molecule is O=C(O)[C@H](Cc1c[nH]c2ccccc12)N(Br)Br. The number of hydrogen-bond donors (Lipinski definition) is 2. The molecule has 0 fully saturated rings. The minimum absolute atomic E-state index is 0.413. The maximum Gasteiger partial charge on any atom is 0.323 e. The fourth-order valence-electron chi connectivity index (χ4n) is 1.75. The molecule has 0 saturated carbocycles. The third kappa shape index (κ3) is 2.70. The summed E-state index contributed by atoms with van der Waals surface area (Å²) in [4.78, 5) is 14.2. The van der Waals surface area contributed by atoms with Crippen molar-refractivity contribution in [3.05, 3.63) is 36.0 Å². The lowest BCUT2D eigenvalue weighted by atomic mass is 10.1. The number of aromatic amines is 1. The third-order valence-electron chi connectivity index (χ3n) is 2.61. The van der Waals surface area contributed by atoms with Crippen LogP contribution in [0.1, 0.15) is 5.56 Å². The Morgan fingerprint density at radius 1 is 1.41 bits per heavy atom. The highest BCUT2D eigenvalue weighted by Gasteiger charge is 2.24. The van der Waals surface area contributed by atoms with Crippen molar-refractivity contribution in [1.29, 1.82) is 0 Å². The Labute approximate surface area is 115 Å². The van der Waals surface area contributed by atoms with Crippen molar-refractivity contribution in [1.82, 2.24) is 7.94 Å². The van der Waals surface area contributed by atoms with E-state index in [1.165, 1.54) is 2.95 Å². The van der Waals surface area contributed by atoms with Crippen LogP contribution < -0.4 is 0 Å². The number of hydrogen-bond acceptors (Lipinski definition) is 2. The van der Waals surface area contributed by atoms with Gasteiger partial charge in [0.25, 0.3) is 0 Å². The van der Waals surface area contributed by atoms with Crippen LogP contribution >= 0.6 is 32.3 Å². The summed E-state index contributed by atoms with van der Waals surface area (Å²) in [5.74, 6) is -0.885. The van der Waals surface area contributed by atoms with Gasteiger partial charge in [0, 0.05) is 55.8 Å². The summed E-state index contributed by atoms with van der Waals surface area (Å²) in [6.45, 7) is 0. The van der Waals surface area contributed by atoms with Gasteiger partial charge < -0.3 is 10.1 Å². The zero-order valence-electron chi connectivity index (χ0n) is 8.73. The van der Waals surface area contributed by atoms with E-state index in [4.69, 9.17) is 5.11 Å². The maximum absolute atomic E-state index is 11.1. The van der Waals surface area contributed by atoms with Gasteiger partial charge >= 0.3 is 5.97 Å². The molecule has 0 aliphatic rings. The molecule has 2 N–H and O–H groups in total. The van der Waals surface area contributed by atoms with Crippen LogP contribution in [0.5, 0.6) is 0 Å². The van der Waals surface area contributed by atoms with Gasteiger partial charge in [-0.25, -0.2) is 0 Å². The Balaban J connectivity index is 2.31. The predicted octanol–water partition coefficient (Wildman–Crippen LogP) is 3.09. The first-order chi connectivity index (χ1) is 8.09. The van der Waals surface area contributed by atoms with Crippen molar-refractivity contribution in [3.63, 3.8) is 0 Å². The Morgan fingerprint density at radius 3 is 2.76 bits per heavy atom. The molecule has 0 radical (unpaired) electrons.